The van der Waals surface area contributed by atoms with E-state index in [1.54, 1.807) is 0 Å². The van der Waals surface area contributed by atoms with Gasteiger partial charge in [-0.3, -0.25) is 14.4 Å². The summed E-state index contributed by atoms with van der Waals surface area (Å²) in [6.45, 7) is 6.47. The number of carbonyl (C=O) groups is 3. The van der Waals surface area contributed by atoms with Gasteiger partial charge in [-0.2, -0.15) is 0 Å². The topological polar surface area (TPSA) is 106 Å². The average Bonchev–Trinajstić information content (AvgIpc) is 3.18. The molecule has 1 amide bonds. The molecule has 0 saturated heterocycles. The summed E-state index contributed by atoms with van der Waals surface area (Å²) in [5.41, 5.74) is 0. The molecule has 0 aromatic carbocycles. The van der Waals surface area contributed by atoms with Crippen molar-refractivity contribution in [3.05, 3.63) is 48.6 Å². The summed E-state index contributed by atoms with van der Waals surface area (Å²) in [6.07, 6.45) is 43.6. The van der Waals surface area contributed by atoms with E-state index in [4.69, 9.17) is 19.3 Å². The number of likely N-dealkylation sites (N-methyl/N-ethyl adjacent to an activating group) is 1. The number of hydrogen-bond donors (Lipinski definition) is 1. The first-order valence-corrected chi connectivity index (χ1v) is 22.5. The molecule has 1 N–H and O–H groups in total. The Bertz CT molecular complexity index is 962. The van der Waals surface area contributed by atoms with Gasteiger partial charge in [-0.05, 0) is 84.1 Å². The van der Waals surface area contributed by atoms with Crippen LogP contribution in [0.1, 0.15) is 168 Å². The molecule has 0 heterocycles. The average molecular weight is 789 g/mol. The van der Waals surface area contributed by atoms with E-state index in [0.717, 1.165) is 77.0 Å². The normalized spacial score (nSPS) is 11.9. The molecule has 0 aliphatic heterocycles. The molecule has 0 spiro atoms. The van der Waals surface area contributed by atoms with Crippen LogP contribution in [0.3, 0.4) is 0 Å². The van der Waals surface area contributed by atoms with Gasteiger partial charge in [0, 0.05) is 25.9 Å². The summed E-state index contributed by atoms with van der Waals surface area (Å²) >= 11 is 0. The van der Waals surface area contributed by atoms with Gasteiger partial charge in [0.15, 0.2) is 0 Å². The van der Waals surface area contributed by atoms with E-state index in [1.807, 2.05) is 11.9 Å². The summed E-state index contributed by atoms with van der Waals surface area (Å²) < 4.78 is 16.5. The Labute approximate surface area is 343 Å². The molecule has 0 atom stereocenters. The van der Waals surface area contributed by atoms with Crippen LogP contribution in [0.25, 0.3) is 0 Å². The largest absolute Gasteiger partial charge is 0.464 e. The van der Waals surface area contributed by atoms with Gasteiger partial charge in [-0.25, -0.2) is 0 Å². The van der Waals surface area contributed by atoms with Crippen molar-refractivity contribution in [2.24, 2.45) is 0 Å². The summed E-state index contributed by atoms with van der Waals surface area (Å²) in [5.74, 6) is -0.755. The number of nitrogens with zero attached hydrogens (tertiary/aromatic N) is 2. The number of hydrogen-bond acceptors (Lipinski definition) is 8. The van der Waals surface area contributed by atoms with Crippen LogP contribution in [0.15, 0.2) is 48.6 Å². The predicted octanol–water partition coefficient (Wildman–Crippen LogP) is 10.5. The molecular weight excluding hydrogens is 705 g/mol. The first kappa shape index (κ1) is 53.2. The van der Waals surface area contributed by atoms with Crippen molar-refractivity contribution < 1.29 is 33.7 Å². The molecular formula is C47H84N2O7. The van der Waals surface area contributed by atoms with Crippen LogP contribution in [0.4, 0.5) is 0 Å². The van der Waals surface area contributed by atoms with Crippen molar-refractivity contribution >= 4 is 17.8 Å². The summed E-state index contributed by atoms with van der Waals surface area (Å²) in [6, 6.07) is 0. The molecule has 0 aromatic heterocycles. The first-order valence-electron chi connectivity index (χ1n) is 22.5. The summed E-state index contributed by atoms with van der Waals surface area (Å²) in [4.78, 5) is 41.2. The highest BCUT2D eigenvalue weighted by atomic mass is 16.5. The number of esters is 2. The zero-order valence-electron chi connectivity index (χ0n) is 36.2. The van der Waals surface area contributed by atoms with Gasteiger partial charge in [-0.15, -0.1) is 0 Å². The third kappa shape index (κ3) is 39.5. The molecule has 0 rings (SSSR count). The number of aliphatic hydroxyl groups is 1. The van der Waals surface area contributed by atoms with E-state index in [-0.39, 0.29) is 57.4 Å². The fraction of sp³-hybridized carbons (Fsp3) is 0.766. The maximum atomic E-state index is 13.0. The van der Waals surface area contributed by atoms with E-state index in [1.165, 1.54) is 69.1 Å². The second kappa shape index (κ2) is 43.4. The lowest BCUT2D eigenvalue weighted by Crippen LogP contribution is -2.40. The summed E-state index contributed by atoms with van der Waals surface area (Å²) in [7, 11) is 1.88. The molecule has 56 heavy (non-hydrogen) atoms. The van der Waals surface area contributed by atoms with Crippen LogP contribution in [0, 0.1) is 0 Å². The number of aliphatic hydroxyl groups excluding tert-OH is 1. The quantitative estimate of drug-likeness (QED) is 0.0371. The minimum atomic E-state index is -0.255. The molecule has 0 bridgehead atoms. The van der Waals surface area contributed by atoms with Crippen molar-refractivity contribution in [1.29, 1.82) is 0 Å². The zero-order valence-corrected chi connectivity index (χ0v) is 36.2. The molecule has 0 fully saturated rings. The van der Waals surface area contributed by atoms with E-state index in [9.17, 15) is 14.4 Å². The Morgan fingerprint density at radius 2 is 0.911 bits per heavy atom. The molecule has 9 heteroatoms. The fourth-order valence-electron chi connectivity index (χ4n) is 5.96. The van der Waals surface area contributed by atoms with Crippen LogP contribution in [-0.2, 0) is 28.6 Å². The van der Waals surface area contributed by atoms with Crippen molar-refractivity contribution in [1.82, 2.24) is 9.80 Å². The lowest BCUT2D eigenvalue weighted by atomic mass is 10.1. The van der Waals surface area contributed by atoms with E-state index in [2.05, 4.69) is 62.5 Å². The third-order valence-electron chi connectivity index (χ3n) is 9.59. The fourth-order valence-corrected chi connectivity index (χ4v) is 5.96. The number of carbonyl (C=O) groups excluding carboxylic acids is 3. The standard InChI is InChI=1S/C47H84N2O7/c1-4-6-8-10-12-14-16-18-20-22-24-26-28-30-32-34-46(52)55-42-38-49(45(51)44-54-41-37-48(3)36-40-50)39-43-56-47(53)35-33-31-29-27-25-23-21-19-17-15-13-11-9-7-5-2/h12-15,18-21,50H,4-11,16-17,22-44H2,1-3H3/b14-12-,15-13-,20-18-,21-19-. The highest BCUT2D eigenvalue weighted by molar-refractivity contribution is 5.77. The third-order valence-corrected chi connectivity index (χ3v) is 9.59. The van der Waals surface area contributed by atoms with E-state index >= 15 is 0 Å². The maximum absolute atomic E-state index is 13.0. The Morgan fingerprint density at radius 1 is 0.500 bits per heavy atom. The van der Waals surface area contributed by atoms with Gasteiger partial charge >= 0.3 is 11.9 Å². The van der Waals surface area contributed by atoms with Gasteiger partial charge in [0.2, 0.25) is 5.91 Å². The highest BCUT2D eigenvalue weighted by Crippen LogP contribution is 2.11. The number of rotatable bonds is 41. The first-order chi connectivity index (χ1) is 27.4. The Balaban J connectivity index is 4.27. The Hall–Kier alpha value is -2.75. The van der Waals surface area contributed by atoms with Gasteiger partial charge in [0.1, 0.15) is 19.8 Å². The molecule has 0 radical (unpaired) electrons. The maximum Gasteiger partial charge on any atom is 0.305 e. The van der Waals surface area contributed by atoms with Crippen molar-refractivity contribution in [2.75, 3.05) is 66.3 Å². The summed E-state index contributed by atoms with van der Waals surface area (Å²) in [5, 5.41) is 9.07. The van der Waals surface area contributed by atoms with Crippen LogP contribution in [-0.4, -0.2) is 99.0 Å². The Morgan fingerprint density at radius 3 is 1.34 bits per heavy atom. The molecule has 0 unspecified atom stereocenters. The highest BCUT2D eigenvalue weighted by Gasteiger charge is 2.16. The molecule has 0 saturated carbocycles. The monoisotopic (exact) mass is 789 g/mol. The molecule has 9 nitrogen and oxygen atoms in total. The van der Waals surface area contributed by atoms with E-state index in [0.29, 0.717) is 32.5 Å². The van der Waals surface area contributed by atoms with Crippen LogP contribution >= 0.6 is 0 Å². The van der Waals surface area contributed by atoms with Crippen molar-refractivity contribution in [3.63, 3.8) is 0 Å². The number of ether oxygens (including phenoxy) is 3. The molecule has 0 aliphatic rings. The number of allylic oxidation sites excluding steroid dienone is 8. The minimum Gasteiger partial charge on any atom is -0.464 e. The second-order valence-corrected chi connectivity index (χ2v) is 14.9. The second-order valence-electron chi connectivity index (χ2n) is 14.9. The van der Waals surface area contributed by atoms with Crippen LogP contribution in [0.2, 0.25) is 0 Å². The molecule has 0 aliphatic carbocycles. The minimum absolute atomic E-state index is 0.0613. The number of unbranched alkanes of at least 4 members (excludes halogenated alkanes) is 16. The van der Waals surface area contributed by atoms with Gasteiger partial charge in [0.25, 0.3) is 0 Å². The molecule has 0 aromatic rings. The predicted molar refractivity (Wildman–Crippen MR) is 233 cm³/mol. The Kier molecular flexibility index (Phi) is 41.2. The van der Waals surface area contributed by atoms with Gasteiger partial charge in [-0.1, -0.05) is 127 Å². The lowest BCUT2D eigenvalue weighted by Gasteiger charge is -2.23. The van der Waals surface area contributed by atoms with Gasteiger partial charge in [0.05, 0.1) is 26.3 Å². The van der Waals surface area contributed by atoms with Crippen LogP contribution in [0.5, 0.6) is 0 Å². The van der Waals surface area contributed by atoms with Gasteiger partial charge < -0.3 is 29.1 Å². The number of amides is 1. The van der Waals surface area contributed by atoms with E-state index < -0.39 is 0 Å². The SMILES string of the molecule is CCCCC/C=C\C/C=C\CCCCCCCC(=O)OCCN(CCOC(=O)CCCCCCC/C=C\C/C=C\CCCCC)C(=O)COCCN(C)CCO. The molecule has 324 valence electrons. The van der Waals surface area contributed by atoms with Crippen molar-refractivity contribution in [2.45, 2.75) is 168 Å². The zero-order chi connectivity index (χ0) is 41.0. The van der Waals surface area contributed by atoms with Crippen LogP contribution < -0.4 is 0 Å². The van der Waals surface area contributed by atoms with Crippen molar-refractivity contribution in [3.8, 4) is 0 Å². The smallest absolute Gasteiger partial charge is 0.305 e. The lowest BCUT2D eigenvalue weighted by molar-refractivity contribution is -0.149.